The summed E-state index contributed by atoms with van der Waals surface area (Å²) in [6.45, 7) is 3.85. The quantitative estimate of drug-likeness (QED) is 0.658. The van der Waals surface area contributed by atoms with Crippen molar-refractivity contribution in [3.63, 3.8) is 0 Å². The lowest BCUT2D eigenvalue weighted by Gasteiger charge is -2.31. The minimum atomic E-state index is -4.15. The highest BCUT2D eigenvalue weighted by molar-refractivity contribution is 6.03. The fourth-order valence-corrected chi connectivity index (χ4v) is 5.15. The van der Waals surface area contributed by atoms with E-state index in [1.54, 1.807) is 6.07 Å². The third kappa shape index (κ3) is 3.85. The second kappa shape index (κ2) is 7.29. The Morgan fingerprint density at radius 1 is 1.17 bits per heavy atom. The van der Waals surface area contributed by atoms with Gasteiger partial charge in [0, 0.05) is 26.2 Å². The predicted octanol–water partition coefficient (Wildman–Crippen LogP) is 3.93. The SMILES string of the molecule is CNc1c(N)cc(C(=O)NC2CCC(C(F)(F)F)CC2)c(N2C[C@@H]3C[C@H]3C2)c1C. The van der Waals surface area contributed by atoms with Crippen LogP contribution >= 0.6 is 0 Å². The summed E-state index contributed by atoms with van der Waals surface area (Å²) in [6.07, 6.45) is -2.06. The van der Waals surface area contributed by atoms with Gasteiger partial charge in [-0.05, 0) is 62.5 Å². The van der Waals surface area contributed by atoms with Gasteiger partial charge in [0.1, 0.15) is 0 Å². The van der Waals surface area contributed by atoms with Crippen LogP contribution in [-0.2, 0) is 0 Å². The standard InChI is InChI=1S/C21H29F3N4O/c1-11-18(26-2)17(25)8-16(19(11)28-9-12-7-13(12)10-28)20(29)27-15-5-3-14(4-6-15)21(22,23)24/h8,12-15,26H,3-7,9-10,25H2,1-2H3,(H,27,29)/t12-,13-,14?,15?/m0/s1. The molecule has 3 fully saturated rings. The molecule has 0 bridgehead atoms. The van der Waals surface area contributed by atoms with E-state index in [0.29, 0.717) is 35.9 Å². The van der Waals surface area contributed by atoms with Gasteiger partial charge in [-0.2, -0.15) is 13.2 Å². The second-order valence-corrected chi connectivity index (χ2v) is 8.84. The van der Waals surface area contributed by atoms with Crippen LogP contribution in [0.25, 0.3) is 0 Å². The molecule has 0 radical (unpaired) electrons. The highest BCUT2D eigenvalue weighted by Crippen LogP contribution is 2.48. The fraction of sp³-hybridized carbons (Fsp3) is 0.667. The average Bonchev–Trinajstić information content (AvgIpc) is 3.26. The summed E-state index contributed by atoms with van der Waals surface area (Å²) in [5, 5.41) is 6.10. The number of nitrogens with one attached hydrogen (secondary N) is 2. The highest BCUT2D eigenvalue weighted by Gasteiger charge is 2.46. The molecule has 1 amide bonds. The zero-order valence-electron chi connectivity index (χ0n) is 16.9. The lowest BCUT2D eigenvalue weighted by Crippen LogP contribution is -2.40. The van der Waals surface area contributed by atoms with Gasteiger partial charge in [0.2, 0.25) is 0 Å². The Morgan fingerprint density at radius 2 is 1.79 bits per heavy atom. The maximum absolute atomic E-state index is 13.1. The Bertz CT molecular complexity index is 792. The van der Waals surface area contributed by atoms with E-state index in [-0.39, 0.29) is 24.8 Å². The van der Waals surface area contributed by atoms with Gasteiger partial charge in [-0.25, -0.2) is 0 Å². The number of nitrogens with two attached hydrogens (primary N) is 1. The maximum Gasteiger partial charge on any atom is 0.391 e. The number of alkyl halides is 3. The Labute approximate surface area is 169 Å². The number of piperidine rings is 1. The predicted molar refractivity (Wildman–Crippen MR) is 108 cm³/mol. The molecule has 160 valence electrons. The molecule has 5 nitrogen and oxygen atoms in total. The number of nitrogen functional groups attached to an aromatic ring is 1. The smallest absolute Gasteiger partial charge is 0.391 e. The zero-order chi connectivity index (χ0) is 20.9. The largest absolute Gasteiger partial charge is 0.397 e. The van der Waals surface area contributed by atoms with Crippen molar-refractivity contribution in [3.05, 3.63) is 17.2 Å². The van der Waals surface area contributed by atoms with E-state index in [9.17, 15) is 18.0 Å². The Morgan fingerprint density at radius 3 is 2.34 bits per heavy atom. The van der Waals surface area contributed by atoms with Crippen LogP contribution in [0, 0.1) is 24.7 Å². The van der Waals surface area contributed by atoms with E-state index in [4.69, 9.17) is 5.73 Å². The molecule has 1 aliphatic heterocycles. The number of halogens is 3. The lowest BCUT2D eigenvalue weighted by molar-refractivity contribution is -0.182. The van der Waals surface area contributed by atoms with Gasteiger partial charge in [-0.1, -0.05) is 0 Å². The molecule has 2 saturated carbocycles. The molecule has 1 aromatic carbocycles. The number of anilines is 3. The van der Waals surface area contributed by atoms with Gasteiger partial charge in [-0.3, -0.25) is 4.79 Å². The van der Waals surface area contributed by atoms with Gasteiger partial charge in [0.05, 0.1) is 28.5 Å². The first kappa shape index (κ1) is 20.2. The minimum Gasteiger partial charge on any atom is -0.397 e. The molecule has 4 rings (SSSR count). The molecule has 0 unspecified atom stereocenters. The van der Waals surface area contributed by atoms with Crippen molar-refractivity contribution in [3.8, 4) is 0 Å². The molecular formula is C21H29F3N4O. The summed E-state index contributed by atoms with van der Waals surface area (Å²) in [6, 6.07) is 1.47. The van der Waals surface area contributed by atoms with Gasteiger partial charge in [0.15, 0.2) is 0 Å². The summed E-state index contributed by atoms with van der Waals surface area (Å²) in [5.74, 6) is -0.0825. The number of rotatable bonds is 4. The van der Waals surface area contributed by atoms with Crippen LogP contribution < -0.4 is 21.3 Å². The summed E-state index contributed by atoms with van der Waals surface area (Å²) in [4.78, 5) is 15.4. The molecule has 4 N–H and O–H groups in total. The third-order valence-electron chi connectivity index (χ3n) is 6.89. The van der Waals surface area contributed by atoms with Crippen LogP contribution in [-0.4, -0.2) is 38.3 Å². The van der Waals surface area contributed by atoms with Crippen molar-refractivity contribution in [1.29, 1.82) is 0 Å². The number of carbonyl (C=O) groups is 1. The van der Waals surface area contributed by atoms with Gasteiger partial charge >= 0.3 is 6.18 Å². The summed E-state index contributed by atoms with van der Waals surface area (Å²) < 4.78 is 38.7. The van der Waals surface area contributed by atoms with Crippen molar-refractivity contribution in [1.82, 2.24) is 5.32 Å². The Hall–Kier alpha value is -2.12. The van der Waals surface area contributed by atoms with E-state index < -0.39 is 12.1 Å². The van der Waals surface area contributed by atoms with Crippen LogP contribution in [0.1, 0.15) is 48.0 Å². The van der Waals surface area contributed by atoms with Crippen LogP contribution in [0.4, 0.5) is 30.2 Å². The average molecular weight is 410 g/mol. The first-order chi connectivity index (χ1) is 13.7. The van der Waals surface area contributed by atoms with Crippen molar-refractivity contribution in [2.45, 2.75) is 51.2 Å². The van der Waals surface area contributed by atoms with Gasteiger partial charge < -0.3 is 21.3 Å². The van der Waals surface area contributed by atoms with Crippen LogP contribution in [0.3, 0.4) is 0 Å². The minimum absolute atomic E-state index is 0.0661. The van der Waals surface area contributed by atoms with E-state index in [1.165, 1.54) is 6.42 Å². The number of fused-ring (bicyclic) bond motifs is 1. The topological polar surface area (TPSA) is 70.4 Å². The fourth-order valence-electron chi connectivity index (χ4n) is 5.15. The summed E-state index contributed by atoms with van der Waals surface area (Å²) >= 11 is 0. The maximum atomic E-state index is 13.1. The van der Waals surface area contributed by atoms with Gasteiger partial charge in [-0.15, -0.1) is 0 Å². The number of nitrogens with zero attached hydrogens (tertiary/aromatic N) is 1. The van der Waals surface area contributed by atoms with Crippen molar-refractivity contribution in [2.75, 3.05) is 36.1 Å². The number of amides is 1. The van der Waals surface area contributed by atoms with Crippen LogP contribution in [0.2, 0.25) is 0 Å². The van der Waals surface area contributed by atoms with E-state index in [1.807, 2.05) is 14.0 Å². The van der Waals surface area contributed by atoms with E-state index in [2.05, 4.69) is 15.5 Å². The number of benzene rings is 1. The molecule has 1 saturated heterocycles. The molecule has 3 aliphatic rings. The van der Waals surface area contributed by atoms with Crippen LogP contribution in [0.5, 0.6) is 0 Å². The second-order valence-electron chi connectivity index (χ2n) is 8.84. The first-order valence-corrected chi connectivity index (χ1v) is 10.4. The molecule has 2 atom stereocenters. The molecule has 0 aromatic heterocycles. The lowest BCUT2D eigenvalue weighted by atomic mass is 9.85. The molecule has 8 heteroatoms. The number of hydrogen-bond donors (Lipinski definition) is 3. The van der Waals surface area contributed by atoms with E-state index in [0.717, 1.165) is 30.0 Å². The Balaban J connectivity index is 1.53. The van der Waals surface area contributed by atoms with Crippen molar-refractivity contribution < 1.29 is 18.0 Å². The highest BCUT2D eigenvalue weighted by atomic mass is 19.4. The molecule has 0 spiro atoms. The van der Waals surface area contributed by atoms with Crippen LogP contribution in [0.15, 0.2) is 6.07 Å². The first-order valence-electron chi connectivity index (χ1n) is 10.4. The molecule has 2 aliphatic carbocycles. The summed E-state index contributed by atoms with van der Waals surface area (Å²) in [5.41, 5.74) is 9.88. The molecule has 1 heterocycles. The number of hydrogen-bond acceptors (Lipinski definition) is 4. The van der Waals surface area contributed by atoms with E-state index >= 15 is 0 Å². The van der Waals surface area contributed by atoms with Crippen molar-refractivity contribution in [2.24, 2.45) is 17.8 Å². The number of carbonyl (C=O) groups excluding carboxylic acids is 1. The zero-order valence-corrected chi connectivity index (χ0v) is 16.9. The third-order valence-corrected chi connectivity index (χ3v) is 6.89. The van der Waals surface area contributed by atoms with Gasteiger partial charge in [0.25, 0.3) is 5.91 Å². The summed E-state index contributed by atoms with van der Waals surface area (Å²) in [7, 11) is 1.81. The Kier molecular flexibility index (Phi) is 5.07. The van der Waals surface area contributed by atoms with Crippen molar-refractivity contribution >= 4 is 23.0 Å². The normalized spacial score (nSPS) is 28.8. The molecular weight excluding hydrogens is 381 g/mol. The molecule has 29 heavy (non-hydrogen) atoms. The molecule has 1 aromatic rings. The monoisotopic (exact) mass is 410 g/mol.